The number of benzene rings is 1. The normalized spacial score (nSPS) is 11.5. The molecule has 1 aromatic rings. The van der Waals surface area contributed by atoms with Crippen LogP contribution in [0.2, 0.25) is 0 Å². The van der Waals surface area contributed by atoms with Gasteiger partial charge in [-0.05, 0) is 18.7 Å². The topological polar surface area (TPSA) is 24.5 Å². The minimum Gasteiger partial charge on any atom is -0.383 e. The van der Waals surface area contributed by atoms with E-state index < -0.39 is 6.43 Å². The second-order valence-corrected chi connectivity index (χ2v) is 4.52. The van der Waals surface area contributed by atoms with E-state index in [4.69, 9.17) is 4.74 Å². The first kappa shape index (κ1) is 16.0. The molecule has 0 amide bonds. The highest BCUT2D eigenvalue weighted by Crippen LogP contribution is 2.19. The molecule has 0 heterocycles. The van der Waals surface area contributed by atoms with Crippen LogP contribution in [0.5, 0.6) is 0 Å². The first-order chi connectivity index (χ1) is 9.13. The maximum Gasteiger partial charge on any atom is 0.263 e. The summed E-state index contributed by atoms with van der Waals surface area (Å²) < 4.78 is 30.0. The Morgan fingerprint density at radius 1 is 1.32 bits per heavy atom. The van der Waals surface area contributed by atoms with Gasteiger partial charge in [0.15, 0.2) is 0 Å². The molecular weight excluding hydrogens is 250 g/mol. The van der Waals surface area contributed by atoms with Gasteiger partial charge >= 0.3 is 0 Å². The van der Waals surface area contributed by atoms with Crippen LogP contribution < -0.4 is 5.32 Å². The molecule has 0 aliphatic rings. The zero-order chi connectivity index (χ0) is 14.1. The molecular formula is C14H22F2N2O. The Kier molecular flexibility index (Phi) is 7.55. The molecule has 1 aromatic carbocycles. The molecule has 0 fully saturated rings. The summed E-state index contributed by atoms with van der Waals surface area (Å²) in [5, 5.41) is 3.25. The van der Waals surface area contributed by atoms with E-state index in [2.05, 4.69) is 10.2 Å². The Labute approximate surface area is 113 Å². The number of likely N-dealkylation sites (N-methyl/N-ethyl adjacent to an activating group) is 1. The molecule has 108 valence electrons. The van der Waals surface area contributed by atoms with Gasteiger partial charge in [0, 0.05) is 38.9 Å². The lowest BCUT2D eigenvalue weighted by Gasteiger charge is -2.16. The van der Waals surface area contributed by atoms with E-state index in [1.54, 1.807) is 19.2 Å². The van der Waals surface area contributed by atoms with Crippen LogP contribution in [-0.4, -0.2) is 45.3 Å². The van der Waals surface area contributed by atoms with E-state index in [1.807, 2.05) is 13.1 Å². The van der Waals surface area contributed by atoms with Crippen LogP contribution in [0.3, 0.4) is 0 Å². The van der Waals surface area contributed by atoms with Crippen molar-refractivity contribution in [2.45, 2.75) is 13.0 Å². The lowest BCUT2D eigenvalue weighted by atomic mass is 10.1. The van der Waals surface area contributed by atoms with Crippen molar-refractivity contribution in [1.29, 1.82) is 0 Å². The quantitative estimate of drug-likeness (QED) is 0.698. The molecule has 0 radical (unpaired) electrons. The van der Waals surface area contributed by atoms with Gasteiger partial charge in [-0.2, -0.15) is 0 Å². The molecule has 0 aliphatic heterocycles. The lowest BCUT2D eigenvalue weighted by Crippen LogP contribution is -2.31. The zero-order valence-electron chi connectivity index (χ0n) is 11.5. The minimum absolute atomic E-state index is 0.0801. The zero-order valence-corrected chi connectivity index (χ0v) is 11.5. The largest absolute Gasteiger partial charge is 0.383 e. The summed E-state index contributed by atoms with van der Waals surface area (Å²) in [4.78, 5) is 2.16. The van der Waals surface area contributed by atoms with Crippen molar-refractivity contribution in [2.75, 3.05) is 40.4 Å². The number of hydrogen-bond donors (Lipinski definition) is 1. The predicted octanol–water partition coefficient (Wildman–Crippen LogP) is 2.29. The van der Waals surface area contributed by atoms with Crippen LogP contribution >= 0.6 is 0 Å². The third-order valence-corrected chi connectivity index (χ3v) is 2.88. The lowest BCUT2D eigenvalue weighted by molar-refractivity contribution is 0.151. The van der Waals surface area contributed by atoms with Crippen LogP contribution in [0.15, 0.2) is 24.3 Å². The molecule has 0 bridgehead atoms. The number of rotatable bonds is 9. The van der Waals surface area contributed by atoms with Gasteiger partial charge in [0.2, 0.25) is 0 Å². The molecule has 19 heavy (non-hydrogen) atoms. The summed E-state index contributed by atoms with van der Waals surface area (Å²) in [5.41, 5.74) is 0.967. The Morgan fingerprint density at radius 3 is 2.79 bits per heavy atom. The predicted molar refractivity (Wildman–Crippen MR) is 72.5 cm³/mol. The highest BCUT2D eigenvalue weighted by Gasteiger charge is 2.06. The fourth-order valence-corrected chi connectivity index (χ4v) is 1.70. The average molecular weight is 272 g/mol. The third kappa shape index (κ3) is 6.61. The van der Waals surface area contributed by atoms with Crippen LogP contribution in [0.1, 0.15) is 17.6 Å². The van der Waals surface area contributed by atoms with Crippen molar-refractivity contribution in [1.82, 2.24) is 10.2 Å². The Hall–Kier alpha value is -1.04. The molecule has 0 aromatic heterocycles. The van der Waals surface area contributed by atoms with Crippen LogP contribution in [0, 0.1) is 0 Å². The number of halogens is 2. The molecule has 3 nitrogen and oxygen atoms in total. The van der Waals surface area contributed by atoms with E-state index in [-0.39, 0.29) is 5.56 Å². The summed E-state index contributed by atoms with van der Waals surface area (Å²) in [6, 6.07) is 6.52. The molecule has 0 aliphatic carbocycles. The number of hydrogen-bond acceptors (Lipinski definition) is 3. The number of nitrogens with one attached hydrogen (secondary N) is 1. The number of methoxy groups -OCH3 is 1. The van der Waals surface area contributed by atoms with Gasteiger partial charge in [0.1, 0.15) is 0 Å². The minimum atomic E-state index is -2.40. The number of alkyl halides is 2. The SMILES string of the molecule is COCCN(C)CCNCc1cccc(C(F)F)c1. The van der Waals surface area contributed by atoms with Crippen molar-refractivity contribution < 1.29 is 13.5 Å². The van der Waals surface area contributed by atoms with E-state index >= 15 is 0 Å². The standard InChI is InChI=1S/C14H22F2N2O/c1-18(8-9-19-2)7-6-17-11-12-4-3-5-13(10-12)14(15)16/h3-5,10,14,17H,6-9,11H2,1-2H3. The fraction of sp³-hybridized carbons (Fsp3) is 0.571. The van der Waals surface area contributed by atoms with Gasteiger partial charge in [0.05, 0.1) is 6.61 Å². The van der Waals surface area contributed by atoms with Crippen LogP contribution in [0.4, 0.5) is 8.78 Å². The van der Waals surface area contributed by atoms with Gasteiger partial charge in [-0.3, -0.25) is 0 Å². The first-order valence-electron chi connectivity index (χ1n) is 6.38. The molecule has 1 rings (SSSR count). The number of ether oxygens (including phenoxy) is 1. The molecule has 5 heteroatoms. The van der Waals surface area contributed by atoms with Crippen molar-refractivity contribution in [3.63, 3.8) is 0 Å². The molecule has 0 spiro atoms. The Bertz CT molecular complexity index is 361. The Balaban J connectivity index is 2.24. The summed E-state index contributed by atoms with van der Waals surface area (Å²) in [6.45, 7) is 3.93. The van der Waals surface area contributed by atoms with Gasteiger partial charge in [-0.25, -0.2) is 8.78 Å². The highest BCUT2D eigenvalue weighted by atomic mass is 19.3. The third-order valence-electron chi connectivity index (χ3n) is 2.88. The number of nitrogens with zero attached hydrogens (tertiary/aromatic N) is 1. The van der Waals surface area contributed by atoms with E-state index in [0.29, 0.717) is 13.2 Å². The van der Waals surface area contributed by atoms with Gasteiger partial charge in [-0.1, -0.05) is 18.2 Å². The first-order valence-corrected chi connectivity index (χ1v) is 6.38. The van der Waals surface area contributed by atoms with Crippen molar-refractivity contribution in [3.8, 4) is 0 Å². The smallest absolute Gasteiger partial charge is 0.263 e. The Morgan fingerprint density at radius 2 is 2.11 bits per heavy atom. The molecule has 1 N–H and O–H groups in total. The summed E-state index contributed by atoms with van der Waals surface area (Å²) >= 11 is 0. The van der Waals surface area contributed by atoms with Gasteiger partial charge < -0.3 is 15.0 Å². The van der Waals surface area contributed by atoms with Gasteiger partial charge in [-0.15, -0.1) is 0 Å². The maximum atomic E-state index is 12.5. The molecule has 0 unspecified atom stereocenters. The molecule has 0 saturated heterocycles. The fourth-order valence-electron chi connectivity index (χ4n) is 1.70. The highest BCUT2D eigenvalue weighted by molar-refractivity contribution is 5.24. The average Bonchev–Trinajstić information content (AvgIpc) is 2.41. The van der Waals surface area contributed by atoms with E-state index in [9.17, 15) is 8.78 Å². The second-order valence-electron chi connectivity index (χ2n) is 4.52. The van der Waals surface area contributed by atoms with Crippen molar-refractivity contribution in [3.05, 3.63) is 35.4 Å². The summed E-state index contributed by atoms with van der Waals surface area (Å²) in [5.74, 6) is 0. The monoisotopic (exact) mass is 272 g/mol. The van der Waals surface area contributed by atoms with E-state index in [0.717, 1.165) is 25.2 Å². The molecule has 0 saturated carbocycles. The second kappa shape index (κ2) is 8.96. The maximum absolute atomic E-state index is 12.5. The van der Waals surface area contributed by atoms with E-state index in [1.165, 1.54) is 6.07 Å². The van der Waals surface area contributed by atoms with Gasteiger partial charge in [0.25, 0.3) is 6.43 Å². The summed E-state index contributed by atoms with van der Waals surface area (Å²) in [6.07, 6.45) is -2.40. The van der Waals surface area contributed by atoms with Crippen LogP contribution in [0.25, 0.3) is 0 Å². The van der Waals surface area contributed by atoms with Crippen molar-refractivity contribution >= 4 is 0 Å². The summed E-state index contributed by atoms with van der Waals surface area (Å²) in [7, 11) is 3.71. The molecule has 0 atom stereocenters. The van der Waals surface area contributed by atoms with Crippen molar-refractivity contribution in [2.24, 2.45) is 0 Å². The van der Waals surface area contributed by atoms with Crippen LogP contribution in [-0.2, 0) is 11.3 Å².